The average molecular weight is 287 g/mol. The number of hydrogen-bond acceptors (Lipinski definition) is 6. The van der Waals surface area contributed by atoms with Crippen molar-refractivity contribution >= 4 is 11.9 Å². The molecule has 1 aliphatic heterocycles. The number of nitrogens with one attached hydrogen (secondary N) is 2. The van der Waals surface area contributed by atoms with Crippen LogP contribution in [-0.2, 0) is 0 Å². The lowest BCUT2D eigenvalue weighted by atomic mass is 10.1. The standard InChI is InChI=1S/C13H17N7O/c1-9-11(18-19-17-9)12(21)16-10-4-2-7-20(8-10)13-14-5-3-6-15-13/h3,5-6,10H,2,4,7-8H2,1H3,(H,16,21)(H,17,18,19)/t10-/m1/s1. The first-order valence-electron chi connectivity index (χ1n) is 6.94. The summed E-state index contributed by atoms with van der Waals surface area (Å²) in [5, 5.41) is 13.2. The van der Waals surface area contributed by atoms with Crippen LogP contribution in [0, 0.1) is 6.92 Å². The zero-order valence-electron chi connectivity index (χ0n) is 11.8. The largest absolute Gasteiger partial charge is 0.346 e. The Kier molecular flexibility index (Phi) is 3.76. The molecule has 0 aromatic carbocycles. The molecule has 2 aromatic heterocycles. The molecule has 1 atom stereocenters. The molecule has 1 amide bonds. The van der Waals surface area contributed by atoms with Crippen molar-refractivity contribution in [3.63, 3.8) is 0 Å². The van der Waals surface area contributed by atoms with Crippen molar-refractivity contribution in [3.05, 3.63) is 29.8 Å². The van der Waals surface area contributed by atoms with Crippen molar-refractivity contribution in [2.75, 3.05) is 18.0 Å². The highest BCUT2D eigenvalue weighted by molar-refractivity contribution is 5.93. The summed E-state index contributed by atoms with van der Waals surface area (Å²) in [7, 11) is 0. The van der Waals surface area contributed by atoms with Gasteiger partial charge in [0.15, 0.2) is 5.69 Å². The van der Waals surface area contributed by atoms with Gasteiger partial charge in [-0.1, -0.05) is 0 Å². The van der Waals surface area contributed by atoms with Crippen LogP contribution in [0.5, 0.6) is 0 Å². The third kappa shape index (κ3) is 2.99. The van der Waals surface area contributed by atoms with Gasteiger partial charge in [0.1, 0.15) is 0 Å². The van der Waals surface area contributed by atoms with Crippen LogP contribution in [-0.4, -0.2) is 50.4 Å². The van der Waals surface area contributed by atoms with E-state index in [9.17, 15) is 4.79 Å². The van der Waals surface area contributed by atoms with E-state index in [2.05, 4.69) is 35.6 Å². The maximum Gasteiger partial charge on any atom is 0.274 e. The van der Waals surface area contributed by atoms with Gasteiger partial charge in [-0.15, -0.1) is 0 Å². The minimum absolute atomic E-state index is 0.0613. The zero-order chi connectivity index (χ0) is 14.7. The zero-order valence-corrected chi connectivity index (χ0v) is 11.8. The predicted octanol–water partition coefficient (Wildman–Crippen LogP) is 0.302. The van der Waals surface area contributed by atoms with E-state index in [4.69, 9.17) is 0 Å². The second kappa shape index (κ2) is 5.86. The van der Waals surface area contributed by atoms with Crippen molar-refractivity contribution < 1.29 is 4.79 Å². The van der Waals surface area contributed by atoms with Gasteiger partial charge in [0.25, 0.3) is 5.91 Å². The van der Waals surface area contributed by atoms with Crippen LogP contribution in [0.2, 0.25) is 0 Å². The molecular weight excluding hydrogens is 270 g/mol. The molecule has 8 heteroatoms. The Morgan fingerprint density at radius 3 is 2.90 bits per heavy atom. The average Bonchev–Trinajstić information content (AvgIpc) is 2.95. The topological polar surface area (TPSA) is 99.7 Å². The van der Waals surface area contributed by atoms with Crippen LogP contribution in [0.1, 0.15) is 29.0 Å². The number of H-pyrrole nitrogens is 1. The third-order valence-corrected chi connectivity index (χ3v) is 3.53. The Morgan fingerprint density at radius 1 is 1.38 bits per heavy atom. The predicted molar refractivity (Wildman–Crippen MR) is 75.9 cm³/mol. The second-order valence-electron chi connectivity index (χ2n) is 5.07. The van der Waals surface area contributed by atoms with Crippen molar-refractivity contribution in [1.82, 2.24) is 30.7 Å². The molecule has 3 rings (SSSR count). The number of rotatable bonds is 3. The number of aromatic nitrogens is 5. The first kappa shape index (κ1) is 13.5. The molecule has 1 aliphatic rings. The molecule has 21 heavy (non-hydrogen) atoms. The summed E-state index contributed by atoms with van der Waals surface area (Å²) in [6, 6.07) is 1.85. The molecule has 2 N–H and O–H groups in total. The minimum atomic E-state index is -0.193. The summed E-state index contributed by atoms with van der Waals surface area (Å²) in [5.41, 5.74) is 0.953. The van der Waals surface area contributed by atoms with Crippen LogP contribution < -0.4 is 10.2 Å². The Balaban J connectivity index is 1.64. The Morgan fingerprint density at radius 2 is 2.19 bits per heavy atom. The Hall–Kier alpha value is -2.51. The van der Waals surface area contributed by atoms with Crippen LogP contribution in [0.15, 0.2) is 18.5 Å². The quantitative estimate of drug-likeness (QED) is 0.842. The number of aryl methyl sites for hydroxylation is 1. The molecule has 1 saturated heterocycles. The van der Waals surface area contributed by atoms with Gasteiger partial charge >= 0.3 is 0 Å². The van der Waals surface area contributed by atoms with Crippen molar-refractivity contribution in [1.29, 1.82) is 0 Å². The molecule has 0 spiro atoms. The molecule has 110 valence electrons. The summed E-state index contributed by atoms with van der Waals surface area (Å²) >= 11 is 0. The molecule has 2 aromatic rings. The van der Waals surface area contributed by atoms with Crippen molar-refractivity contribution in [3.8, 4) is 0 Å². The van der Waals surface area contributed by atoms with Gasteiger partial charge < -0.3 is 10.2 Å². The summed E-state index contributed by atoms with van der Waals surface area (Å²) < 4.78 is 0. The number of anilines is 1. The lowest BCUT2D eigenvalue weighted by Gasteiger charge is -2.32. The molecule has 1 fully saturated rings. The molecule has 0 radical (unpaired) electrons. The normalized spacial score (nSPS) is 18.5. The van der Waals surface area contributed by atoms with Gasteiger partial charge in [-0.3, -0.25) is 4.79 Å². The molecule has 0 aliphatic carbocycles. The van der Waals surface area contributed by atoms with E-state index >= 15 is 0 Å². The van der Waals surface area contributed by atoms with Crippen LogP contribution in [0.4, 0.5) is 5.95 Å². The maximum absolute atomic E-state index is 12.2. The first-order chi connectivity index (χ1) is 10.2. The highest BCUT2D eigenvalue weighted by Gasteiger charge is 2.24. The summed E-state index contributed by atoms with van der Waals surface area (Å²) in [6.07, 6.45) is 5.37. The highest BCUT2D eigenvalue weighted by Crippen LogP contribution is 2.15. The third-order valence-electron chi connectivity index (χ3n) is 3.53. The monoisotopic (exact) mass is 287 g/mol. The fourth-order valence-electron chi connectivity index (χ4n) is 2.48. The van der Waals surface area contributed by atoms with E-state index in [1.54, 1.807) is 25.4 Å². The smallest absolute Gasteiger partial charge is 0.274 e. The summed E-state index contributed by atoms with van der Waals surface area (Å²) in [4.78, 5) is 22.8. The maximum atomic E-state index is 12.2. The Bertz CT molecular complexity index is 612. The van der Waals surface area contributed by atoms with Crippen molar-refractivity contribution in [2.45, 2.75) is 25.8 Å². The molecule has 0 bridgehead atoms. The van der Waals surface area contributed by atoms with Crippen LogP contribution in [0.3, 0.4) is 0 Å². The molecule has 3 heterocycles. The highest BCUT2D eigenvalue weighted by atomic mass is 16.2. The van der Waals surface area contributed by atoms with E-state index in [1.807, 2.05) is 0 Å². The molecule has 0 saturated carbocycles. The van der Waals surface area contributed by atoms with E-state index in [-0.39, 0.29) is 11.9 Å². The van der Waals surface area contributed by atoms with Gasteiger partial charge in [-0.2, -0.15) is 15.4 Å². The fourth-order valence-corrected chi connectivity index (χ4v) is 2.48. The van der Waals surface area contributed by atoms with E-state index in [1.165, 1.54) is 0 Å². The number of aromatic amines is 1. The number of amides is 1. The van der Waals surface area contributed by atoms with E-state index in [0.29, 0.717) is 23.9 Å². The number of carbonyl (C=O) groups is 1. The van der Waals surface area contributed by atoms with Crippen molar-refractivity contribution in [2.24, 2.45) is 0 Å². The lowest BCUT2D eigenvalue weighted by molar-refractivity contribution is 0.0927. The molecule has 8 nitrogen and oxygen atoms in total. The molecule has 0 unspecified atom stereocenters. The SMILES string of the molecule is Cc1n[nH]nc1C(=O)N[C@@H]1CCCN(c2ncccn2)C1. The van der Waals surface area contributed by atoms with Gasteiger partial charge in [-0.25, -0.2) is 9.97 Å². The summed E-state index contributed by atoms with van der Waals surface area (Å²) in [6.45, 7) is 3.36. The fraction of sp³-hybridized carbons (Fsp3) is 0.462. The first-order valence-corrected chi connectivity index (χ1v) is 6.94. The van der Waals surface area contributed by atoms with Crippen LogP contribution in [0.25, 0.3) is 0 Å². The lowest BCUT2D eigenvalue weighted by Crippen LogP contribution is -2.48. The Labute approximate surface area is 122 Å². The van der Waals surface area contributed by atoms with Gasteiger partial charge in [0.2, 0.25) is 5.95 Å². The molecular formula is C13H17N7O. The number of nitrogens with zero attached hydrogens (tertiary/aromatic N) is 5. The second-order valence-corrected chi connectivity index (χ2v) is 5.07. The van der Waals surface area contributed by atoms with E-state index < -0.39 is 0 Å². The number of carbonyl (C=O) groups excluding carboxylic acids is 1. The number of hydrogen-bond donors (Lipinski definition) is 2. The summed E-state index contributed by atoms with van der Waals surface area (Å²) in [5.74, 6) is 0.510. The van der Waals surface area contributed by atoms with Gasteiger partial charge in [0.05, 0.1) is 5.69 Å². The van der Waals surface area contributed by atoms with Crippen LogP contribution >= 0.6 is 0 Å². The van der Waals surface area contributed by atoms with Gasteiger partial charge in [0, 0.05) is 31.5 Å². The van der Waals surface area contributed by atoms with E-state index in [0.717, 1.165) is 19.4 Å². The van der Waals surface area contributed by atoms with Gasteiger partial charge in [-0.05, 0) is 25.8 Å². The minimum Gasteiger partial charge on any atom is -0.346 e. The number of piperidine rings is 1.